The number of benzene rings is 1. The molecule has 0 spiro atoms. The number of halogens is 1. The summed E-state index contributed by atoms with van der Waals surface area (Å²) < 4.78 is 20.0. The average Bonchev–Trinajstić information content (AvgIpc) is 2.38. The second-order valence-corrected chi connectivity index (χ2v) is 4.38. The Kier molecular flexibility index (Phi) is 3.85. The molecule has 1 aromatic heterocycles. The summed E-state index contributed by atoms with van der Waals surface area (Å²) in [6, 6.07) is 3.98. The van der Waals surface area contributed by atoms with Gasteiger partial charge < -0.3 is 14.4 Å². The first-order chi connectivity index (χ1) is 9.49. The average molecular weight is 279 g/mol. The maximum atomic E-state index is 13.9. The van der Waals surface area contributed by atoms with E-state index in [1.165, 1.54) is 30.7 Å². The molecule has 6 heteroatoms. The lowest BCUT2D eigenvalue weighted by Gasteiger charge is -2.15. The SMILES string of the molecule is COCCn1c(C)c(C(=O)O)c2cccc(F)c2c1=O. The van der Waals surface area contributed by atoms with Gasteiger partial charge in [-0.15, -0.1) is 0 Å². The topological polar surface area (TPSA) is 68.5 Å². The van der Waals surface area contributed by atoms with Crippen molar-refractivity contribution in [3.05, 3.63) is 45.6 Å². The Morgan fingerprint density at radius 3 is 2.75 bits per heavy atom. The van der Waals surface area contributed by atoms with E-state index in [2.05, 4.69) is 0 Å². The van der Waals surface area contributed by atoms with E-state index in [0.29, 0.717) is 0 Å². The third-order valence-electron chi connectivity index (χ3n) is 3.24. The highest BCUT2D eigenvalue weighted by Crippen LogP contribution is 2.21. The maximum absolute atomic E-state index is 13.9. The zero-order valence-electron chi connectivity index (χ0n) is 11.1. The fourth-order valence-corrected chi connectivity index (χ4v) is 2.29. The normalized spacial score (nSPS) is 10.9. The summed E-state index contributed by atoms with van der Waals surface area (Å²) in [4.78, 5) is 23.7. The molecule has 2 rings (SSSR count). The van der Waals surface area contributed by atoms with Gasteiger partial charge in [0.25, 0.3) is 5.56 Å². The Morgan fingerprint density at radius 2 is 2.15 bits per heavy atom. The zero-order chi connectivity index (χ0) is 14.9. The lowest BCUT2D eigenvalue weighted by Crippen LogP contribution is -2.27. The molecule has 0 aliphatic heterocycles. The number of carboxylic acids is 1. The van der Waals surface area contributed by atoms with Crippen molar-refractivity contribution < 1.29 is 19.0 Å². The Labute approximate surface area is 114 Å². The number of fused-ring (bicyclic) bond motifs is 1. The van der Waals surface area contributed by atoms with Gasteiger partial charge >= 0.3 is 5.97 Å². The standard InChI is InChI=1S/C14H14FNO4/c1-8-11(14(18)19)9-4-3-5-10(15)12(9)13(17)16(8)6-7-20-2/h3-5H,6-7H2,1-2H3,(H,18,19). The molecule has 2 aromatic rings. The minimum atomic E-state index is -1.19. The predicted molar refractivity (Wildman–Crippen MR) is 71.7 cm³/mol. The number of nitrogens with zero attached hydrogens (tertiary/aromatic N) is 1. The predicted octanol–water partition coefficient (Wildman–Crippen LogP) is 1.79. The van der Waals surface area contributed by atoms with Gasteiger partial charge in [0.05, 0.1) is 17.6 Å². The summed E-state index contributed by atoms with van der Waals surface area (Å²) in [6.07, 6.45) is 0. The minimum Gasteiger partial charge on any atom is -0.478 e. The van der Waals surface area contributed by atoms with Crippen LogP contribution < -0.4 is 5.56 Å². The van der Waals surface area contributed by atoms with E-state index < -0.39 is 17.3 Å². The maximum Gasteiger partial charge on any atom is 0.338 e. The molecule has 0 saturated carbocycles. The third kappa shape index (κ3) is 2.18. The summed E-state index contributed by atoms with van der Waals surface area (Å²) in [5.74, 6) is -1.91. The Bertz CT molecular complexity index is 736. The minimum absolute atomic E-state index is 0.0600. The highest BCUT2D eigenvalue weighted by molar-refractivity contribution is 6.04. The lowest BCUT2D eigenvalue weighted by atomic mass is 10.0. The van der Waals surface area contributed by atoms with E-state index in [-0.39, 0.29) is 35.2 Å². The van der Waals surface area contributed by atoms with E-state index in [0.717, 1.165) is 6.07 Å². The van der Waals surface area contributed by atoms with Crippen molar-refractivity contribution in [3.63, 3.8) is 0 Å². The molecule has 1 heterocycles. The van der Waals surface area contributed by atoms with E-state index in [1.807, 2.05) is 0 Å². The largest absolute Gasteiger partial charge is 0.478 e. The zero-order valence-corrected chi connectivity index (χ0v) is 11.1. The van der Waals surface area contributed by atoms with Crippen LogP contribution in [-0.4, -0.2) is 29.4 Å². The van der Waals surface area contributed by atoms with Crippen molar-refractivity contribution >= 4 is 16.7 Å². The summed E-state index contributed by atoms with van der Waals surface area (Å²) in [5, 5.41) is 9.24. The monoisotopic (exact) mass is 279 g/mol. The molecule has 0 bridgehead atoms. The molecular weight excluding hydrogens is 265 g/mol. The number of aromatic nitrogens is 1. The Morgan fingerprint density at radius 1 is 1.45 bits per heavy atom. The van der Waals surface area contributed by atoms with Crippen LogP contribution in [0.3, 0.4) is 0 Å². The number of methoxy groups -OCH3 is 1. The van der Waals surface area contributed by atoms with Crippen molar-refractivity contribution in [2.24, 2.45) is 0 Å². The highest BCUT2D eigenvalue weighted by Gasteiger charge is 2.20. The van der Waals surface area contributed by atoms with Gasteiger partial charge in [-0.1, -0.05) is 12.1 Å². The van der Waals surface area contributed by atoms with Crippen LogP contribution in [0.15, 0.2) is 23.0 Å². The second-order valence-electron chi connectivity index (χ2n) is 4.38. The molecule has 1 N–H and O–H groups in total. The number of ether oxygens (including phenoxy) is 1. The Hall–Kier alpha value is -2.21. The summed E-state index contributed by atoms with van der Waals surface area (Å²) in [7, 11) is 1.47. The second kappa shape index (κ2) is 5.42. The quantitative estimate of drug-likeness (QED) is 0.926. The van der Waals surface area contributed by atoms with E-state index in [1.54, 1.807) is 0 Å². The van der Waals surface area contributed by atoms with Crippen LogP contribution in [0.1, 0.15) is 16.1 Å². The molecular formula is C14H14FNO4. The van der Waals surface area contributed by atoms with Crippen molar-refractivity contribution in [1.29, 1.82) is 0 Å². The lowest BCUT2D eigenvalue weighted by molar-refractivity contribution is 0.0696. The summed E-state index contributed by atoms with van der Waals surface area (Å²) in [5.41, 5.74) is -0.314. The molecule has 5 nitrogen and oxygen atoms in total. The fraction of sp³-hybridized carbons (Fsp3) is 0.286. The van der Waals surface area contributed by atoms with E-state index in [4.69, 9.17) is 4.74 Å². The number of aromatic carboxylic acids is 1. The van der Waals surface area contributed by atoms with Crippen molar-refractivity contribution in [2.75, 3.05) is 13.7 Å². The number of carboxylic acid groups (broad SMARTS) is 1. The molecule has 0 aliphatic rings. The number of hydrogen-bond acceptors (Lipinski definition) is 3. The number of rotatable bonds is 4. The van der Waals surface area contributed by atoms with Crippen LogP contribution in [0.4, 0.5) is 4.39 Å². The molecule has 20 heavy (non-hydrogen) atoms. The van der Waals surface area contributed by atoms with Gasteiger partial charge in [-0.25, -0.2) is 9.18 Å². The molecule has 0 aliphatic carbocycles. The van der Waals surface area contributed by atoms with Crippen LogP contribution in [0, 0.1) is 12.7 Å². The first kappa shape index (κ1) is 14.2. The van der Waals surface area contributed by atoms with Gasteiger partial charge in [0, 0.05) is 24.7 Å². The molecule has 0 unspecified atom stereocenters. The van der Waals surface area contributed by atoms with Crippen molar-refractivity contribution in [3.8, 4) is 0 Å². The molecule has 0 saturated heterocycles. The van der Waals surface area contributed by atoms with Gasteiger partial charge in [-0.2, -0.15) is 0 Å². The number of pyridine rings is 1. The van der Waals surface area contributed by atoms with E-state index >= 15 is 0 Å². The number of hydrogen-bond donors (Lipinski definition) is 1. The van der Waals surface area contributed by atoms with Crippen molar-refractivity contribution in [2.45, 2.75) is 13.5 Å². The van der Waals surface area contributed by atoms with Gasteiger partial charge in [0.2, 0.25) is 0 Å². The van der Waals surface area contributed by atoms with Gasteiger partial charge in [-0.3, -0.25) is 4.79 Å². The van der Waals surface area contributed by atoms with Gasteiger partial charge in [0.15, 0.2) is 0 Å². The third-order valence-corrected chi connectivity index (χ3v) is 3.24. The summed E-state index contributed by atoms with van der Waals surface area (Å²) >= 11 is 0. The van der Waals surface area contributed by atoms with Crippen LogP contribution in [0.2, 0.25) is 0 Å². The number of carbonyl (C=O) groups is 1. The van der Waals surface area contributed by atoms with Gasteiger partial charge in [-0.05, 0) is 13.0 Å². The van der Waals surface area contributed by atoms with E-state index in [9.17, 15) is 19.1 Å². The molecule has 0 radical (unpaired) electrons. The highest BCUT2D eigenvalue weighted by atomic mass is 19.1. The first-order valence-electron chi connectivity index (χ1n) is 6.03. The van der Waals surface area contributed by atoms with Crippen LogP contribution >= 0.6 is 0 Å². The van der Waals surface area contributed by atoms with Crippen LogP contribution in [0.5, 0.6) is 0 Å². The summed E-state index contributed by atoms with van der Waals surface area (Å²) in [6.45, 7) is 1.94. The molecule has 0 atom stereocenters. The Balaban J connectivity index is 2.91. The fourth-order valence-electron chi connectivity index (χ4n) is 2.29. The first-order valence-corrected chi connectivity index (χ1v) is 6.03. The molecule has 106 valence electrons. The molecule has 1 aromatic carbocycles. The van der Waals surface area contributed by atoms with Crippen molar-refractivity contribution in [1.82, 2.24) is 4.57 Å². The van der Waals surface area contributed by atoms with Gasteiger partial charge in [0.1, 0.15) is 5.82 Å². The molecule has 0 amide bonds. The van der Waals surface area contributed by atoms with Crippen LogP contribution in [0.25, 0.3) is 10.8 Å². The smallest absolute Gasteiger partial charge is 0.338 e. The molecule has 0 fully saturated rings. The van der Waals surface area contributed by atoms with Crippen LogP contribution in [-0.2, 0) is 11.3 Å².